The minimum atomic E-state index is -0.282. The molecule has 1 heterocycles. The van der Waals surface area contributed by atoms with Crippen molar-refractivity contribution in [2.24, 2.45) is 0 Å². The molecule has 3 rings (SSSR count). The van der Waals surface area contributed by atoms with E-state index in [2.05, 4.69) is 27.0 Å². The van der Waals surface area contributed by atoms with Crippen LogP contribution in [0.15, 0.2) is 35.8 Å². The van der Waals surface area contributed by atoms with Gasteiger partial charge in [-0.3, -0.25) is 0 Å². The lowest BCUT2D eigenvalue weighted by atomic mass is 9.99. The zero-order valence-electron chi connectivity index (χ0n) is 10.2. The standard InChI is InChI=1S/C15H8BrFN2S/c16-6-11-5-12-15(19-8-20-12)13(14(11)17)10-3-1-2-9(4-10)7-18/h1-5,8H,6H2. The van der Waals surface area contributed by atoms with Crippen LogP contribution >= 0.6 is 27.3 Å². The maximum absolute atomic E-state index is 14.7. The van der Waals surface area contributed by atoms with Crippen molar-refractivity contribution in [3.8, 4) is 17.2 Å². The van der Waals surface area contributed by atoms with E-state index in [0.29, 0.717) is 33.1 Å². The fraction of sp³-hybridized carbons (Fsp3) is 0.0667. The van der Waals surface area contributed by atoms with Gasteiger partial charge in [0.05, 0.1) is 27.4 Å². The average molecular weight is 347 g/mol. The summed E-state index contributed by atoms with van der Waals surface area (Å²) >= 11 is 4.79. The molecule has 0 atom stereocenters. The van der Waals surface area contributed by atoms with Crippen molar-refractivity contribution in [2.45, 2.75) is 5.33 Å². The van der Waals surface area contributed by atoms with E-state index >= 15 is 0 Å². The first kappa shape index (κ1) is 13.2. The fourth-order valence-corrected chi connectivity index (χ4v) is 3.29. The number of hydrogen-bond donors (Lipinski definition) is 0. The van der Waals surface area contributed by atoms with Gasteiger partial charge in [-0.05, 0) is 23.8 Å². The van der Waals surface area contributed by atoms with E-state index in [1.54, 1.807) is 29.8 Å². The van der Waals surface area contributed by atoms with Crippen LogP contribution in [0.25, 0.3) is 21.3 Å². The molecule has 0 aliphatic heterocycles. The van der Waals surface area contributed by atoms with Gasteiger partial charge >= 0.3 is 0 Å². The fourth-order valence-electron chi connectivity index (χ4n) is 2.14. The van der Waals surface area contributed by atoms with Crippen LogP contribution in [0.2, 0.25) is 0 Å². The highest BCUT2D eigenvalue weighted by Gasteiger charge is 2.16. The molecule has 20 heavy (non-hydrogen) atoms. The molecule has 98 valence electrons. The van der Waals surface area contributed by atoms with E-state index in [-0.39, 0.29) is 5.82 Å². The Balaban J connectivity index is 2.36. The summed E-state index contributed by atoms with van der Waals surface area (Å²) in [6.45, 7) is 0. The van der Waals surface area contributed by atoms with Crippen molar-refractivity contribution in [1.29, 1.82) is 5.26 Å². The maximum Gasteiger partial charge on any atom is 0.137 e. The zero-order valence-corrected chi connectivity index (χ0v) is 12.6. The Morgan fingerprint density at radius 3 is 2.95 bits per heavy atom. The van der Waals surface area contributed by atoms with Gasteiger partial charge in [0.25, 0.3) is 0 Å². The number of halogens is 2. The Hall–Kier alpha value is -1.77. The molecular weight excluding hydrogens is 339 g/mol. The predicted octanol–water partition coefficient (Wildman–Crippen LogP) is 4.87. The predicted molar refractivity (Wildman–Crippen MR) is 82.4 cm³/mol. The second-order valence-electron chi connectivity index (χ2n) is 4.25. The van der Waals surface area contributed by atoms with Crippen LogP contribution in [0.1, 0.15) is 11.1 Å². The van der Waals surface area contributed by atoms with E-state index in [0.717, 1.165) is 4.70 Å². The molecular formula is C15H8BrFN2S. The van der Waals surface area contributed by atoms with E-state index in [4.69, 9.17) is 5.26 Å². The van der Waals surface area contributed by atoms with Crippen molar-refractivity contribution in [3.05, 3.63) is 52.8 Å². The molecule has 0 aliphatic rings. The molecule has 5 heteroatoms. The summed E-state index contributed by atoms with van der Waals surface area (Å²) in [6.07, 6.45) is 0. The van der Waals surface area contributed by atoms with Gasteiger partial charge in [-0.1, -0.05) is 28.1 Å². The first-order valence-corrected chi connectivity index (χ1v) is 7.85. The van der Waals surface area contributed by atoms with Gasteiger partial charge in [-0.15, -0.1) is 11.3 Å². The highest BCUT2D eigenvalue weighted by molar-refractivity contribution is 9.08. The highest BCUT2D eigenvalue weighted by atomic mass is 79.9. The molecule has 0 aliphatic carbocycles. The summed E-state index contributed by atoms with van der Waals surface area (Å²) in [7, 11) is 0. The molecule has 0 saturated carbocycles. The zero-order chi connectivity index (χ0) is 14.1. The third kappa shape index (κ3) is 2.11. The van der Waals surface area contributed by atoms with Crippen LogP contribution < -0.4 is 0 Å². The lowest BCUT2D eigenvalue weighted by Crippen LogP contribution is -1.93. The van der Waals surface area contributed by atoms with Crippen LogP contribution in [0.3, 0.4) is 0 Å². The molecule has 0 fully saturated rings. The SMILES string of the molecule is N#Cc1cccc(-c2c(F)c(CBr)cc3scnc23)c1. The van der Waals surface area contributed by atoms with Gasteiger partial charge in [0.1, 0.15) is 5.82 Å². The van der Waals surface area contributed by atoms with Crippen molar-refractivity contribution in [2.75, 3.05) is 0 Å². The molecule has 1 aromatic heterocycles. The van der Waals surface area contributed by atoms with E-state index in [9.17, 15) is 4.39 Å². The third-order valence-corrected chi connectivity index (χ3v) is 4.44. The van der Waals surface area contributed by atoms with Gasteiger partial charge in [0.15, 0.2) is 0 Å². The summed E-state index contributed by atoms with van der Waals surface area (Å²) < 4.78 is 15.6. The molecule has 0 N–H and O–H groups in total. The number of benzene rings is 2. The monoisotopic (exact) mass is 346 g/mol. The van der Waals surface area contributed by atoms with Crippen LogP contribution in [-0.4, -0.2) is 4.98 Å². The van der Waals surface area contributed by atoms with Crippen LogP contribution in [-0.2, 0) is 5.33 Å². The van der Waals surface area contributed by atoms with Crippen LogP contribution in [0, 0.1) is 17.1 Å². The molecule has 0 unspecified atom stereocenters. The highest BCUT2D eigenvalue weighted by Crippen LogP contribution is 2.35. The van der Waals surface area contributed by atoms with Gasteiger partial charge in [0.2, 0.25) is 0 Å². The number of thiazole rings is 1. The number of aromatic nitrogens is 1. The largest absolute Gasteiger partial charge is 0.244 e. The first-order valence-electron chi connectivity index (χ1n) is 5.85. The molecule has 3 aromatic rings. The Kier molecular flexibility index (Phi) is 3.51. The summed E-state index contributed by atoms with van der Waals surface area (Å²) in [6, 6.07) is 10.8. The van der Waals surface area contributed by atoms with Crippen LogP contribution in [0.4, 0.5) is 4.39 Å². The van der Waals surface area contributed by atoms with E-state index in [1.165, 1.54) is 11.3 Å². The summed E-state index contributed by atoms with van der Waals surface area (Å²) in [5.74, 6) is -0.282. The molecule has 2 nitrogen and oxygen atoms in total. The van der Waals surface area contributed by atoms with Crippen molar-refractivity contribution in [3.63, 3.8) is 0 Å². The van der Waals surface area contributed by atoms with E-state index < -0.39 is 0 Å². The summed E-state index contributed by atoms with van der Waals surface area (Å²) in [5.41, 5.74) is 4.61. The minimum Gasteiger partial charge on any atom is -0.244 e. The average Bonchev–Trinajstić information content (AvgIpc) is 2.94. The normalized spacial score (nSPS) is 10.7. The molecule has 0 amide bonds. The van der Waals surface area contributed by atoms with Crippen molar-refractivity contribution < 1.29 is 4.39 Å². The molecule has 0 spiro atoms. The Morgan fingerprint density at radius 1 is 1.35 bits per heavy atom. The van der Waals surface area contributed by atoms with Crippen LogP contribution in [0.5, 0.6) is 0 Å². The second-order valence-corrected chi connectivity index (χ2v) is 5.70. The lowest BCUT2D eigenvalue weighted by Gasteiger charge is -2.08. The smallest absolute Gasteiger partial charge is 0.137 e. The van der Waals surface area contributed by atoms with Gasteiger partial charge in [-0.25, -0.2) is 9.37 Å². The molecule has 0 radical (unpaired) electrons. The van der Waals surface area contributed by atoms with Crippen molar-refractivity contribution >= 4 is 37.5 Å². The first-order chi connectivity index (χ1) is 9.74. The van der Waals surface area contributed by atoms with Crippen molar-refractivity contribution in [1.82, 2.24) is 4.98 Å². The minimum absolute atomic E-state index is 0.282. The molecule has 0 saturated heterocycles. The Labute approximate surface area is 127 Å². The number of hydrogen-bond acceptors (Lipinski definition) is 3. The summed E-state index contributed by atoms with van der Waals surface area (Å²) in [4.78, 5) is 4.27. The quantitative estimate of drug-likeness (QED) is 0.620. The van der Waals surface area contributed by atoms with Gasteiger partial charge in [0, 0.05) is 16.5 Å². The van der Waals surface area contributed by atoms with Gasteiger partial charge in [-0.2, -0.15) is 5.26 Å². The lowest BCUT2D eigenvalue weighted by molar-refractivity contribution is 0.623. The van der Waals surface area contributed by atoms with Gasteiger partial charge < -0.3 is 0 Å². The maximum atomic E-state index is 14.7. The number of rotatable bonds is 2. The second kappa shape index (κ2) is 5.31. The Morgan fingerprint density at radius 2 is 2.20 bits per heavy atom. The number of nitriles is 1. The van der Waals surface area contributed by atoms with E-state index in [1.807, 2.05) is 6.07 Å². The molecule has 0 bridgehead atoms. The topological polar surface area (TPSA) is 36.7 Å². The number of alkyl halides is 1. The number of fused-ring (bicyclic) bond motifs is 1. The molecule has 2 aromatic carbocycles. The summed E-state index contributed by atoms with van der Waals surface area (Å²) in [5, 5.41) is 9.43. The number of nitrogens with zero attached hydrogens (tertiary/aromatic N) is 2. The Bertz CT molecular complexity index is 835. The third-order valence-electron chi connectivity index (χ3n) is 3.06.